The van der Waals surface area contributed by atoms with Gasteiger partial charge >= 0.3 is 0 Å². The van der Waals surface area contributed by atoms with Crippen LogP contribution in [0, 0.1) is 10.8 Å². The lowest BCUT2D eigenvalue weighted by Crippen LogP contribution is -2.50. The highest BCUT2D eigenvalue weighted by Gasteiger charge is 2.59. The first-order chi connectivity index (χ1) is 30.6. The Bertz CT molecular complexity index is 3610. The third kappa shape index (κ3) is 5.10. The number of benzene rings is 11. The largest absolute Gasteiger partial charge is 0.0622 e. The van der Waals surface area contributed by atoms with E-state index < -0.39 is 0 Å². The van der Waals surface area contributed by atoms with Gasteiger partial charge in [0.25, 0.3) is 0 Å². The zero-order chi connectivity index (χ0) is 42.8. The molecule has 0 heterocycles. The van der Waals surface area contributed by atoms with Gasteiger partial charge in [0.1, 0.15) is 0 Å². The maximum absolute atomic E-state index is 2.66. The molecule has 0 heteroatoms. The van der Waals surface area contributed by atoms with Crippen molar-refractivity contribution in [2.75, 3.05) is 0 Å². The van der Waals surface area contributed by atoms with Crippen LogP contribution < -0.4 is 0 Å². The van der Waals surface area contributed by atoms with Gasteiger partial charge in [-0.1, -0.05) is 230 Å². The van der Waals surface area contributed by atoms with E-state index in [1.165, 1.54) is 120 Å². The summed E-state index contributed by atoms with van der Waals surface area (Å²) in [4.78, 5) is 0. The SMILES string of the molecule is CC(C)(C)C1(C(C)(C)C)c2cc(-c3c4ccccc4c(-c4ccc(-c5ccccc5)c5ccccc45)c4ccccc34)c3ccccc3c2-c2c1c1ccccc1c1ccccc21. The predicted octanol–water partition coefficient (Wildman–Crippen LogP) is 18.0. The Balaban J connectivity index is 1.25. The standard InChI is InChI=1S/C63H50/c1-61(2,3)63(62(4,5)6)55-38-54(45-28-13-15-29-46(45)58(55)59-47-30-16-12-26-43(47)44-27-14-21-35-53(44)60(59)63)57-50-33-19-17-31-48(50)56(49-32-18-20-34-51(49)57)52-37-36-40(39-22-8-7-9-23-39)41-24-10-11-25-42(41)52/h7-38H,1-6H3. The lowest BCUT2D eigenvalue weighted by Gasteiger charge is -2.53. The quantitative estimate of drug-likeness (QED) is 0.123. The van der Waals surface area contributed by atoms with Crippen LogP contribution in [0.2, 0.25) is 0 Å². The molecule has 11 aromatic carbocycles. The molecule has 0 amide bonds. The van der Waals surface area contributed by atoms with E-state index in [1.54, 1.807) is 0 Å². The number of fused-ring (bicyclic) bond motifs is 13. The zero-order valence-electron chi connectivity index (χ0n) is 37.0. The summed E-state index contributed by atoms with van der Waals surface area (Å²) in [7, 11) is 0. The van der Waals surface area contributed by atoms with E-state index in [0.717, 1.165) is 0 Å². The lowest BCUT2D eigenvalue weighted by atomic mass is 9.49. The van der Waals surface area contributed by atoms with Crippen LogP contribution >= 0.6 is 0 Å². The number of rotatable bonds is 3. The fourth-order valence-corrected chi connectivity index (χ4v) is 12.9. The molecule has 0 aliphatic heterocycles. The maximum Gasteiger partial charge on any atom is 0.0318 e. The molecule has 63 heavy (non-hydrogen) atoms. The molecule has 0 spiro atoms. The molecule has 0 N–H and O–H groups in total. The van der Waals surface area contributed by atoms with Gasteiger partial charge in [-0.3, -0.25) is 0 Å². The highest BCUT2D eigenvalue weighted by atomic mass is 14.6. The van der Waals surface area contributed by atoms with Crippen LogP contribution in [0.4, 0.5) is 0 Å². The molecule has 11 aromatic rings. The Hall–Kier alpha value is -7.02. The average Bonchev–Trinajstić information content (AvgIpc) is 3.65. The van der Waals surface area contributed by atoms with Crippen LogP contribution in [0.25, 0.3) is 109 Å². The monoisotopic (exact) mass is 806 g/mol. The summed E-state index contributed by atoms with van der Waals surface area (Å²) in [5, 5.41) is 15.6. The predicted molar refractivity (Wildman–Crippen MR) is 273 cm³/mol. The van der Waals surface area contributed by atoms with Crippen molar-refractivity contribution >= 4 is 64.6 Å². The summed E-state index contributed by atoms with van der Waals surface area (Å²) in [5.41, 5.74) is 12.7. The average molecular weight is 807 g/mol. The van der Waals surface area contributed by atoms with Crippen LogP contribution in [0.15, 0.2) is 194 Å². The first-order valence-corrected chi connectivity index (χ1v) is 22.6. The van der Waals surface area contributed by atoms with Crippen molar-refractivity contribution in [3.63, 3.8) is 0 Å². The molecule has 0 radical (unpaired) electrons. The third-order valence-electron chi connectivity index (χ3n) is 14.7. The molecule has 1 aliphatic carbocycles. The second-order valence-corrected chi connectivity index (χ2v) is 19.9. The van der Waals surface area contributed by atoms with Crippen molar-refractivity contribution in [2.24, 2.45) is 10.8 Å². The maximum atomic E-state index is 2.66. The normalized spacial score (nSPS) is 13.7. The Labute approximate surface area is 370 Å². The molecule has 0 nitrogen and oxygen atoms in total. The van der Waals surface area contributed by atoms with Gasteiger partial charge in [0.15, 0.2) is 0 Å². The van der Waals surface area contributed by atoms with Gasteiger partial charge in [0, 0.05) is 5.41 Å². The van der Waals surface area contributed by atoms with Gasteiger partial charge in [-0.2, -0.15) is 0 Å². The first kappa shape index (κ1) is 37.7. The number of hydrogen-bond acceptors (Lipinski definition) is 0. The van der Waals surface area contributed by atoms with E-state index in [1.807, 2.05) is 0 Å². The van der Waals surface area contributed by atoms with Crippen molar-refractivity contribution in [1.82, 2.24) is 0 Å². The Morgan fingerprint density at radius 3 is 1.10 bits per heavy atom. The fraction of sp³-hybridized carbons (Fsp3) is 0.143. The molecule has 1 aliphatic rings. The molecule has 0 fully saturated rings. The molecule has 0 aromatic heterocycles. The van der Waals surface area contributed by atoms with E-state index in [9.17, 15) is 0 Å². The Morgan fingerprint density at radius 2 is 0.603 bits per heavy atom. The van der Waals surface area contributed by atoms with E-state index in [-0.39, 0.29) is 16.2 Å². The van der Waals surface area contributed by atoms with Gasteiger partial charge in [-0.25, -0.2) is 0 Å². The van der Waals surface area contributed by atoms with Crippen molar-refractivity contribution < 1.29 is 0 Å². The minimum atomic E-state index is -0.349. The van der Waals surface area contributed by atoms with Gasteiger partial charge < -0.3 is 0 Å². The van der Waals surface area contributed by atoms with Crippen LogP contribution in [0.5, 0.6) is 0 Å². The minimum Gasteiger partial charge on any atom is -0.0622 e. The fourth-order valence-electron chi connectivity index (χ4n) is 12.9. The number of hydrogen-bond donors (Lipinski definition) is 0. The molecule has 12 rings (SSSR count). The van der Waals surface area contributed by atoms with Crippen molar-refractivity contribution in [3.8, 4) is 44.5 Å². The molecule has 0 saturated carbocycles. The molecule has 0 atom stereocenters. The summed E-state index contributed by atoms with van der Waals surface area (Å²) in [5.74, 6) is 0. The topological polar surface area (TPSA) is 0 Å². The Morgan fingerprint density at radius 1 is 0.270 bits per heavy atom. The van der Waals surface area contributed by atoms with E-state index >= 15 is 0 Å². The minimum absolute atomic E-state index is 0.156. The van der Waals surface area contributed by atoms with E-state index in [0.29, 0.717) is 0 Å². The highest BCUT2D eigenvalue weighted by molar-refractivity contribution is 6.28. The van der Waals surface area contributed by atoms with Gasteiger partial charge in [-0.15, -0.1) is 0 Å². The summed E-state index contributed by atoms with van der Waals surface area (Å²) in [6.07, 6.45) is 0. The Kier molecular flexibility index (Phi) is 8.08. The van der Waals surface area contributed by atoms with Gasteiger partial charge in [-0.05, 0) is 137 Å². The second-order valence-electron chi connectivity index (χ2n) is 19.9. The molecule has 0 unspecified atom stereocenters. The highest BCUT2D eigenvalue weighted by Crippen LogP contribution is 2.69. The molecule has 0 bridgehead atoms. The smallest absolute Gasteiger partial charge is 0.0318 e. The van der Waals surface area contributed by atoms with Crippen molar-refractivity contribution in [2.45, 2.75) is 47.0 Å². The zero-order valence-corrected chi connectivity index (χ0v) is 37.0. The second kappa shape index (κ2) is 13.5. The third-order valence-corrected chi connectivity index (χ3v) is 14.7. The molecular weight excluding hydrogens is 757 g/mol. The van der Waals surface area contributed by atoms with E-state index in [4.69, 9.17) is 0 Å². The van der Waals surface area contributed by atoms with Crippen LogP contribution in [0.3, 0.4) is 0 Å². The van der Waals surface area contributed by atoms with Crippen molar-refractivity contribution in [1.29, 1.82) is 0 Å². The van der Waals surface area contributed by atoms with Crippen LogP contribution in [-0.4, -0.2) is 0 Å². The summed E-state index contributed by atoms with van der Waals surface area (Å²) >= 11 is 0. The van der Waals surface area contributed by atoms with E-state index in [2.05, 4.69) is 236 Å². The lowest BCUT2D eigenvalue weighted by molar-refractivity contribution is 0.0965. The molecule has 302 valence electrons. The first-order valence-electron chi connectivity index (χ1n) is 22.6. The molecule has 0 saturated heterocycles. The summed E-state index contributed by atoms with van der Waals surface area (Å²) in [6.45, 7) is 14.9. The summed E-state index contributed by atoms with van der Waals surface area (Å²) < 4.78 is 0. The van der Waals surface area contributed by atoms with Crippen molar-refractivity contribution in [3.05, 3.63) is 205 Å². The van der Waals surface area contributed by atoms with Gasteiger partial charge in [0.05, 0.1) is 0 Å². The van der Waals surface area contributed by atoms with Crippen LogP contribution in [0.1, 0.15) is 52.7 Å². The van der Waals surface area contributed by atoms with Gasteiger partial charge in [0.2, 0.25) is 0 Å². The molecular formula is C63H50. The van der Waals surface area contributed by atoms with Crippen LogP contribution in [-0.2, 0) is 5.41 Å². The summed E-state index contributed by atoms with van der Waals surface area (Å²) in [6, 6.07) is 73.2.